The van der Waals surface area contributed by atoms with Crippen LogP contribution in [-0.4, -0.2) is 14.7 Å². The zero-order valence-electron chi connectivity index (χ0n) is 13.0. The van der Waals surface area contributed by atoms with Crippen LogP contribution in [0.2, 0.25) is 0 Å². The fourth-order valence-corrected chi connectivity index (χ4v) is 3.46. The molecule has 6 heteroatoms. The van der Waals surface area contributed by atoms with Crippen molar-refractivity contribution in [2.75, 3.05) is 0 Å². The molecule has 1 aliphatic carbocycles. The Bertz CT molecular complexity index is 1120. The maximum absolute atomic E-state index is 12.8. The first-order valence-corrected chi connectivity index (χ1v) is 8.14. The van der Waals surface area contributed by atoms with E-state index in [0.29, 0.717) is 17.6 Å². The van der Waals surface area contributed by atoms with Gasteiger partial charge in [-0.25, -0.2) is 4.98 Å². The van der Waals surface area contributed by atoms with Crippen molar-refractivity contribution in [3.8, 4) is 0 Å². The number of fused-ring (bicyclic) bond motifs is 4. The van der Waals surface area contributed by atoms with Crippen molar-refractivity contribution in [2.45, 2.75) is 32.2 Å². The molecule has 24 heavy (non-hydrogen) atoms. The second-order valence-corrected chi connectivity index (χ2v) is 6.19. The Labute approximate surface area is 136 Å². The molecule has 0 N–H and O–H groups in total. The van der Waals surface area contributed by atoms with Crippen LogP contribution < -0.4 is 5.56 Å². The van der Waals surface area contributed by atoms with Crippen molar-refractivity contribution in [2.24, 2.45) is 0 Å². The molecular formula is C18H15N3O3. The summed E-state index contributed by atoms with van der Waals surface area (Å²) in [4.78, 5) is 17.2. The van der Waals surface area contributed by atoms with Crippen LogP contribution in [0.25, 0.3) is 22.1 Å². The molecular weight excluding hydrogens is 306 g/mol. The highest BCUT2D eigenvalue weighted by molar-refractivity contribution is 6.01. The summed E-state index contributed by atoms with van der Waals surface area (Å²) in [7, 11) is 0. The molecule has 5 rings (SSSR count). The second kappa shape index (κ2) is 5.06. The Kier molecular flexibility index (Phi) is 2.85. The third-order valence-corrected chi connectivity index (χ3v) is 4.70. The van der Waals surface area contributed by atoms with E-state index in [1.165, 1.54) is 4.57 Å². The van der Waals surface area contributed by atoms with E-state index in [4.69, 9.17) is 8.94 Å². The molecule has 1 aliphatic rings. The molecule has 0 aliphatic heterocycles. The fourth-order valence-electron chi connectivity index (χ4n) is 3.46. The first-order valence-electron chi connectivity index (χ1n) is 8.14. The minimum atomic E-state index is -0.191. The molecule has 0 fully saturated rings. The standard InChI is InChI=1S/C18H15N3O3/c22-18-17-16(12-6-2-3-7-14(12)23-17)19-10-21(18)9-13-11-5-1-4-8-15(11)24-20-13/h2-3,6-7,10H,1,4-5,8-9H2. The van der Waals surface area contributed by atoms with E-state index in [1.807, 2.05) is 24.3 Å². The van der Waals surface area contributed by atoms with Crippen molar-refractivity contribution >= 4 is 22.1 Å². The predicted octanol–water partition coefficient (Wildman–Crippen LogP) is 3.06. The zero-order chi connectivity index (χ0) is 16.1. The number of hydrogen-bond acceptors (Lipinski definition) is 5. The van der Waals surface area contributed by atoms with Gasteiger partial charge in [0.05, 0.1) is 12.9 Å². The molecule has 3 heterocycles. The number of hydrogen-bond donors (Lipinski definition) is 0. The Hall–Kier alpha value is -2.89. The van der Waals surface area contributed by atoms with Crippen molar-refractivity contribution in [1.82, 2.24) is 14.7 Å². The minimum Gasteiger partial charge on any atom is -0.448 e. The third-order valence-electron chi connectivity index (χ3n) is 4.70. The molecule has 3 aromatic heterocycles. The van der Waals surface area contributed by atoms with Gasteiger partial charge in [0.15, 0.2) is 0 Å². The fraction of sp³-hybridized carbons (Fsp3) is 0.278. The molecule has 0 spiro atoms. The largest absolute Gasteiger partial charge is 0.448 e. The van der Waals surface area contributed by atoms with E-state index in [1.54, 1.807) is 6.33 Å². The maximum Gasteiger partial charge on any atom is 0.297 e. The molecule has 0 unspecified atom stereocenters. The second-order valence-electron chi connectivity index (χ2n) is 6.19. The Morgan fingerprint density at radius 3 is 3.00 bits per heavy atom. The Morgan fingerprint density at radius 1 is 1.17 bits per heavy atom. The van der Waals surface area contributed by atoms with Crippen LogP contribution in [0.1, 0.15) is 29.9 Å². The van der Waals surface area contributed by atoms with E-state index in [0.717, 1.165) is 48.1 Å². The summed E-state index contributed by atoms with van der Waals surface area (Å²) in [6.45, 7) is 0.359. The van der Waals surface area contributed by atoms with E-state index in [2.05, 4.69) is 10.1 Å². The van der Waals surface area contributed by atoms with Gasteiger partial charge in [0, 0.05) is 17.4 Å². The zero-order valence-corrected chi connectivity index (χ0v) is 13.0. The van der Waals surface area contributed by atoms with E-state index >= 15 is 0 Å². The minimum absolute atomic E-state index is 0.191. The third kappa shape index (κ3) is 1.92. The molecule has 1 aromatic carbocycles. The molecule has 0 amide bonds. The summed E-state index contributed by atoms with van der Waals surface area (Å²) in [6.07, 6.45) is 5.73. The number of para-hydroxylation sites is 1. The highest BCUT2D eigenvalue weighted by Gasteiger charge is 2.20. The quantitative estimate of drug-likeness (QED) is 0.567. The van der Waals surface area contributed by atoms with Crippen molar-refractivity contribution in [3.05, 3.63) is 58.0 Å². The van der Waals surface area contributed by atoms with Crippen LogP contribution in [0.15, 0.2) is 44.3 Å². The van der Waals surface area contributed by atoms with Crippen LogP contribution in [0.4, 0.5) is 0 Å². The van der Waals surface area contributed by atoms with E-state index in [-0.39, 0.29) is 11.1 Å². The number of rotatable bonds is 2. The monoisotopic (exact) mass is 321 g/mol. The lowest BCUT2D eigenvalue weighted by Crippen LogP contribution is -2.21. The summed E-state index contributed by atoms with van der Waals surface area (Å²) in [5.41, 5.74) is 3.35. The van der Waals surface area contributed by atoms with Crippen LogP contribution in [-0.2, 0) is 19.4 Å². The number of aryl methyl sites for hydroxylation is 1. The topological polar surface area (TPSA) is 74.1 Å². The molecule has 0 saturated heterocycles. The van der Waals surface area contributed by atoms with Gasteiger partial charge in [-0.1, -0.05) is 17.3 Å². The Balaban J connectivity index is 1.63. The van der Waals surface area contributed by atoms with Gasteiger partial charge in [0.1, 0.15) is 22.6 Å². The summed E-state index contributed by atoms with van der Waals surface area (Å²) >= 11 is 0. The normalized spacial score (nSPS) is 14.3. The predicted molar refractivity (Wildman–Crippen MR) is 88.0 cm³/mol. The molecule has 0 radical (unpaired) electrons. The average molecular weight is 321 g/mol. The number of aromatic nitrogens is 3. The molecule has 120 valence electrons. The van der Waals surface area contributed by atoms with E-state index < -0.39 is 0 Å². The van der Waals surface area contributed by atoms with Crippen LogP contribution in [0.5, 0.6) is 0 Å². The van der Waals surface area contributed by atoms with Gasteiger partial charge >= 0.3 is 0 Å². The summed E-state index contributed by atoms with van der Waals surface area (Å²) in [5.74, 6) is 0.960. The van der Waals surface area contributed by atoms with Crippen LogP contribution in [0.3, 0.4) is 0 Å². The molecule has 0 bridgehead atoms. The lowest BCUT2D eigenvalue weighted by molar-refractivity contribution is 0.367. The highest BCUT2D eigenvalue weighted by atomic mass is 16.5. The van der Waals surface area contributed by atoms with Crippen molar-refractivity contribution in [1.29, 1.82) is 0 Å². The van der Waals surface area contributed by atoms with Crippen molar-refractivity contribution in [3.63, 3.8) is 0 Å². The summed E-state index contributed by atoms with van der Waals surface area (Å²) < 4.78 is 12.7. The number of benzene rings is 1. The van der Waals surface area contributed by atoms with Gasteiger partial charge in [0.2, 0.25) is 5.58 Å². The molecule has 0 atom stereocenters. The maximum atomic E-state index is 12.8. The Morgan fingerprint density at radius 2 is 2.04 bits per heavy atom. The SMILES string of the molecule is O=c1c2oc3ccccc3c2ncn1Cc1noc2c1CCCC2. The number of nitrogens with zero attached hydrogens (tertiary/aromatic N) is 3. The summed E-state index contributed by atoms with van der Waals surface area (Å²) in [6, 6.07) is 7.54. The van der Waals surface area contributed by atoms with Gasteiger partial charge in [-0.3, -0.25) is 9.36 Å². The lowest BCUT2D eigenvalue weighted by Gasteiger charge is -2.09. The van der Waals surface area contributed by atoms with Gasteiger partial charge < -0.3 is 8.94 Å². The average Bonchev–Trinajstić information content (AvgIpc) is 3.19. The highest BCUT2D eigenvalue weighted by Crippen LogP contribution is 2.26. The van der Waals surface area contributed by atoms with Crippen molar-refractivity contribution < 1.29 is 8.94 Å². The smallest absolute Gasteiger partial charge is 0.297 e. The molecule has 6 nitrogen and oxygen atoms in total. The van der Waals surface area contributed by atoms with Gasteiger partial charge in [-0.05, 0) is 31.4 Å². The van der Waals surface area contributed by atoms with Gasteiger partial charge in [-0.2, -0.15) is 0 Å². The van der Waals surface area contributed by atoms with Crippen LogP contribution >= 0.6 is 0 Å². The first-order chi connectivity index (χ1) is 11.8. The lowest BCUT2D eigenvalue weighted by atomic mass is 9.96. The van der Waals surface area contributed by atoms with Gasteiger partial charge in [0.25, 0.3) is 5.56 Å². The first kappa shape index (κ1) is 13.5. The summed E-state index contributed by atoms with van der Waals surface area (Å²) in [5, 5.41) is 5.02. The van der Waals surface area contributed by atoms with Crippen LogP contribution in [0, 0.1) is 0 Å². The van der Waals surface area contributed by atoms with E-state index in [9.17, 15) is 4.79 Å². The molecule has 0 saturated carbocycles. The van der Waals surface area contributed by atoms with Gasteiger partial charge in [-0.15, -0.1) is 0 Å². The number of furan rings is 1. The molecule has 4 aromatic rings.